The molecule has 0 N–H and O–H groups in total. The lowest BCUT2D eigenvalue weighted by Crippen LogP contribution is -2.35. The number of nitrogens with zero attached hydrogens (tertiary/aromatic N) is 5. The fraction of sp³-hybridized carbons (Fsp3) is 0.438. The second kappa shape index (κ2) is 6.56. The largest absolute Gasteiger partial charge is 0.494 e. The maximum Gasteiger partial charge on any atom is 0.291 e. The van der Waals surface area contributed by atoms with Gasteiger partial charge in [-0.05, 0) is 6.07 Å². The first kappa shape index (κ1) is 16.4. The van der Waals surface area contributed by atoms with E-state index in [1.54, 1.807) is 32.3 Å². The lowest BCUT2D eigenvalue weighted by molar-refractivity contribution is 0.0806. The van der Waals surface area contributed by atoms with Crippen molar-refractivity contribution in [1.82, 2.24) is 24.6 Å². The molecule has 1 aliphatic rings. The summed E-state index contributed by atoms with van der Waals surface area (Å²) in [5.41, 5.74) is 0.576. The first-order valence-corrected chi connectivity index (χ1v) is 7.68. The van der Waals surface area contributed by atoms with Gasteiger partial charge in [-0.2, -0.15) is 0 Å². The monoisotopic (exact) mass is 333 g/mol. The first-order chi connectivity index (χ1) is 11.5. The van der Waals surface area contributed by atoms with Crippen molar-refractivity contribution >= 4 is 5.91 Å². The van der Waals surface area contributed by atoms with Crippen molar-refractivity contribution in [3.8, 4) is 5.75 Å². The molecule has 1 amide bonds. The molecular formula is C16H20FN5O2. The molecule has 1 aromatic heterocycles. The van der Waals surface area contributed by atoms with E-state index in [0.29, 0.717) is 37.6 Å². The summed E-state index contributed by atoms with van der Waals surface area (Å²) in [6.45, 7) is 2.26. The molecule has 0 saturated carbocycles. The Morgan fingerprint density at radius 2 is 2.12 bits per heavy atom. The van der Waals surface area contributed by atoms with Crippen molar-refractivity contribution in [2.75, 3.05) is 27.7 Å². The van der Waals surface area contributed by atoms with Gasteiger partial charge in [0.05, 0.1) is 13.7 Å². The Balaban J connectivity index is 1.76. The number of rotatable bonds is 4. The van der Waals surface area contributed by atoms with E-state index in [9.17, 15) is 9.18 Å². The van der Waals surface area contributed by atoms with E-state index >= 15 is 0 Å². The maximum absolute atomic E-state index is 14.3. The molecule has 0 radical (unpaired) electrons. The minimum atomic E-state index is -0.337. The van der Waals surface area contributed by atoms with Crippen molar-refractivity contribution in [2.45, 2.75) is 19.6 Å². The molecule has 3 rings (SSSR count). The third-order valence-electron chi connectivity index (χ3n) is 4.09. The number of methoxy groups -OCH3 is 1. The summed E-state index contributed by atoms with van der Waals surface area (Å²) >= 11 is 0. The summed E-state index contributed by atoms with van der Waals surface area (Å²) < 4.78 is 21.1. The highest BCUT2D eigenvalue weighted by molar-refractivity contribution is 5.90. The number of carbonyl (C=O) groups excluding carboxylic acids is 1. The molecule has 0 unspecified atom stereocenters. The number of aromatic nitrogens is 3. The van der Waals surface area contributed by atoms with Gasteiger partial charge >= 0.3 is 0 Å². The Bertz CT molecular complexity index is 759. The van der Waals surface area contributed by atoms with Crippen LogP contribution in [0.3, 0.4) is 0 Å². The van der Waals surface area contributed by atoms with E-state index in [1.165, 1.54) is 12.0 Å². The van der Waals surface area contributed by atoms with Crippen LogP contribution in [-0.2, 0) is 19.6 Å². The quantitative estimate of drug-likeness (QED) is 0.840. The van der Waals surface area contributed by atoms with E-state index in [2.05, 4.69) is 15.1 Å². The smallest absolute Gasteiger partial charge is 0.291 e. The van der Waals surface area contributed by atoms with E-state index < -0.39 is 0 Å². The Labute approximate surface area is 139 Å². The molecule has 8 heteroatoms. The summed E-state index contributed by atoms with van der Waals surface area (Å²) in [4.78, 5) is 15.6. The molecule has 0 spiro atoms. The fourth-order valence-electron chi connectivity index (χ4n) is 2.78. The molecule has 2 aromatic rings. The van der Waals surface area contributed by atoms with Crippen molar-refractivity contribution in [2.24, 2.45) is 0 Å². The highest BCUT2D eigenvalue weighted by Crippen LogP contribution is 2.23. The van der Waals surface area contributed by atoms with Crippen LogP contribution >= 0.6 is 0 Å². The third-order valence-corrected chi connectivity index (χ3v) is 4.09. The third kappa shape index (κ3) is 2.96. The fourth-order valence-corrected chi connectivity index (χ4v) is 2.78. The number of ether oxygens (including phenoxy) is 1. The van der Waals surface area contributed by atoms with Crippen LogP contribution in [0.5, 0.6) is 5.75 Å². The molecule has 1 aromatic carbocycles. The second-order valence-electron chi connectivity index (χ2n) is 5.94. The van der Waals surface area contributed by atoms with Crippen LogP contribution in [0.15, 0.2) is 18.2 Å². The summed E-state index contributed by atoms with van der Waals surface area (Å²) in [7, 11) is 4.82. The minimum absolute atomic E-state index is 0.166. The molecule has 0 aliphatic carbocycles. The predicted molar refractivity (Wildman–Crippen MR) is 85.1 cm³/mol. The van der Waals surface area contributed by atoms with Gasteiger partial charge in [0.1, 0.15) is 5.82 Å². The van der Waals surface area contributed by atoms with Crippen LogP contribution in [0, 0.1) is 5.82 Å². The normalized spacial score (nSPS) is 14.3. The Kier molecular flexibility index (Phi) is 4.48. The summed E-state index contributed by atoms with van der Waals surface area (Å²) in [5, 5.41) is 8.12. The first-order valence-electron chi connectivity index (χ1n) is 7.68. The number of fused-ring (bicyclic) bond motifs is 1. The van der Waals surface area contributed by atoms with Crippen LogP contribution in [0.4, 0.5) is 4.39 Å². The Morgan fingerprint density at radius 1 is 1.33 bits per heavy atom. The Morgan fingerprint density at radius 3 is 2.83 bits per heavy atom. The average Bonchev–Trinajstić information content (AvgIpc) is 2.99. The molecule has 0 saturated heterocycles. The zero-order chi connectivity index (χ0) is 17.3. The Hall–Kier alpha value is -2.48. The highest BCUT2D eigenvalue weighted by atomic mass is 19.1. The van der Waals surface area contributed by atoms with Crippen LogP contribution in [-0.4, -0.2) is 58.2 Å². The van der Waals surface area contributed by atoms with Gasteiger partial charge in [0.2, 0.25) is 5.82 Å². The standard InChI is InChI=1S/C16H20FN5O2/c1-20(2)16(23)15-19-18-13-10-21(7-8-22(13)15)9-11-5-4-6-12(24-3)14(11)17/h4-6H,7-10H2,1-3H3. The number of amides is 1. The lowest BCUT2D eigenvalue weighted by Gasteiger charge is -2.28. The number of hydrogen-bond acceptors (Lipinski definition) is 5. The van der Waals surface area contributed by atoms with Gasteiger partial charge in [-0.1, -0.05) is 12.1 Å². The van der Waals surface area contributed by atoms with Crippen LogP contribution in [0.25, 0.3) is 0 Å². The van der Waals surface area contributed by atoms with E-state index in [0.717, 1.165) is 5.82 Å². The molecular weight excluding hydrogens is 313 g/mol. The molecule has 1 aliphatic heterocycles. The van der Waals surface area contributed by atoms with Crippen LogP contribution in [0.1, 0.15) is 22.0 Å². The molecule has 2 heterocycles. The lowest BCUT2D eigenvalue weighted by atomic mass is 10.1. The number of carbonyl (C=O) groups is 1. The van der Waals surface area contributed by atoms with Crippen molar-refractivity contribution in [1.29, 1.82) is 0 Å². The number of halogens is 1. The van der Waals surface area contributed by atoms with Gasteiger partial charge in [0, 0.05) is 39.3 Å². The number of hydrogen-bond donors (Lipinski definition) is 0. The van der Waals surface area contributed by atoms with Gasteiger partial charge < -0.3 is 14.2 Å². The second-order valence-corrected chi connectivity index (χ2v) is 5.94. The molecule has 0 atom stereocenters. The SMILES string of the molecule is COc1cccc(CN2CCn3c(nnc3C(=O)N(C)C)C2)c1F. The van der Waals surface area contributed by atoms with Gasteiger partial charge in [-0.25, -0.2) is 4.39 Å². The molecule has 24 heavy (non-hydrogen) atoms. The maximum atomic E-state index is 14.3. The summed E-state index contributed by atoms with van der Waals surface area (Å²) in [5.74, 6) is 0.806. The summed E-state index contributed by atoms with van der Waals surface area (Å²) in [6.07, 6.45) is 0. The summed E-state index contributed by atoms with van der Waals surface area (Å²) in [6, 6.07) is 5.13. The molecule has 0 fully saturated rings. The minimum Gasteiger partial charge on any atom is -0.494 e. The van der Waals surface area contributed by atoms with Crippen LogP contribution < -0.4 is 4.74 Å². The average molecular weight is 333 g/mol. The van der Waals surface area contributed by atoms with E-state index in [-0.39, 0.29) is 17.5 Å². The molecule has 0 bridgehead atoms. The van der Waals surface area contributed by atoms with Gasteiger partial charge in [0.15, 0.2) is 11.6 Å². The highest BCUT2D eigenvalue weighted by Gasteiger charge is 2.26. The van der Waals surface area contributed by atoms with E-state index in [4.69, 9.17) is 4.74 Å². The topological polar surface area (TPSA) is 63.5 Å². The predicted octanol–water partition coefficient (Wildman–Crippen LogP) is 1.14. The van der Waals surface area contributed by atoms with Crippen molar-refractivity contribution in [3.63, 3.8) is 0 Å². The molecule has 7 nitrogen and oxygen atoms in total. The van der Waals surface area contributed by atoms with Gasteiger partial charge in [-0.15, -0.1) is 10.2 Å². The van der Waals surface area contributed by atoms with Crippen molar-refractivity contribution < 1.29 is 13.9 Å². The zero-order valence-corrected chi connectivity index (χ0v) is 14.0. The van der Waals surface area contributed by atoms with Gasteiger partial charge in [-0.3, -0.25) is 9.69 Å². The number of benzene rings is 1. The van der Waals surface area contributed by atoms with Crippen LogP contribution in [0.2, 0.25) is 0 Å². The van der Waals surface area contributed by atoms with E-state index in [1.807, 2.05) is 4.57 Å². The molecule has 128 valence electrons. The zero-order valence-electron chi connectivity index (χ0n) is 14.0. The van der Waals surface area contributed by atoms with Gasteiger partial charge in [0.25, 0.3) is 5.91 Å². The van der Waals surface area contributed by atoms with Crippen molar-refractivity contribution in [3.05, 3.63) is 41.2 Å².